The number of allylic oxidation sites excluding steroid dienone is 8. The highest BCUT2D eigenvalue weighted by molar-refractivity contribution is 5.71. The van der Waals surface area contributed by atoms with Crippen LogP contribution in [-0.2, 0) is 28.6 Å². The quantitative estimate of drug-likeness (QED) is 0.0261. The highest BCUT2D eigenvalue weighted by Gasteiger charge is 2.19. The summed E-state index contributed by atoms with van der Waals surface area (Å²) >= 11 is 0. The maximum absolute atomic E-state index is 12.8. The van der Waals surface area contributed by atoms with E-state index in [-0.39, 0.29) is 31.1 Å². The van der Waals surface area contributed by atoms with E-state index in [4.69, 9.17) is 14.2 Å². The Morgan fingerprint density at radius 2 is 0.486 bits per heavy atom. The third kappa shape index (κ3) is 60.2. The monoisotopic (exact) mass is 1040 g/mol. The van der Waals surface area contributed by atoms with Gasteiger partial charge in [0.1, 0.15) is 13.2 Å². The van der Waals surface area contributed by atoms with E-state index in [1.165, 1.54) is 231 Å². The summed E-state index contributed by atoms with van der Waals surface area (Å²) in [5, 5.41) is 0. The molecule has 0 aliphatic heterocycles. The third-order valence-electron chi connectivity index (χ3n) is 14.6. The van der Waals surface area contributed by atoms with Gasteiger partial charge in [-0.25, -0.2) is 0 Å². The minimum atomic E-state index is -0.769. The Balaban J connectivity index is 3.93. The number of carbonyl (C=O) groups is 3. The van der Waals surface area contributed by atoms with E-state index < -0.39 is 6.10 Å². The number of esters is 3. The maximum Gasteiger partial charge on any atom is 0.306 e. The van der Waals surface area contributed by atoms with Gasteiger partial charge in [0.15, 0.2) is 6.10 Å². The van der Waals surface area contributed by atoms with Crippen molar-refractivity contribution in [3.8, 4) is 0 Å². The van der Waals surface area contributed by atoms with Crippen LogP contribution in [0.25, 0.3) is 0 Å². The molecule has 0 fully saturated rings. The van der Waals surface area contributed by atoms with E-state index in [0.29, 0.717) is 19.3 Å². The Morgan fingerprint density at radius 3 is 0.770 bits per heavy atom. The average molecular weight is 1040 g/mol. The highest BCUT2D eigenvalue weighted by atomic mass is 16.6. The lowest BCUT2D eigenvalue weighted by Gasteiger charge is -2.18. The highest BCUT2D eigenvalue weighted by Crippen LogP contribution is 2.17. The average Bonchev–Trinajstić information content (AvgIpc) is 3.40. The fourth-order valence-electron chi connectivity index (χ4n) is 9.62. The number of unbranched alkanes of at least 4 members (excludes halogenated alkanes) is 41. The summed E-state index contributed by atoms with van der Waals surface area (Å²) in [4.78, 5) is 37.9. The van der Waals surface area contributed by atoms with Crippen LogP contribution < -0.4 is 0 Å². The largest absolute Gasteiger partial charge is 0.462 e. The van der Waals surface area contributed by atoms with E-state index in [2.05, 4.69) is 69.4 Å². The second kappa shape index (κ2) is 62.9. The van der Waals surface area contributed by atoms with Gasteiger partial charge in [-0.3, -0.25) is 14.4 Å². The van der Waals surface area contributed by atoms with Gasteiger partial charge in [0.25, 0.3) is 0 Å². The third-order valence-corrected chi connectivity index (χ3v) is 14.6. The van der Waals surface area contributed by atoms with E-state index in [9.17, 15) is 14.4 Å². The molecule has 0 bridgehead atoms. The molecule has 0 aliphatic carbocycles. The first kappa shape index (κ1) is 71.4. The fraction of sp³-hybridized carbons (Fsp3) is 0.838. The molecule has 0 aliphatic rings. The summed E-state index contributed by atoms with van der Waals surface area (Å²) in [6, 6.07) is 0. The van der Waals surface area contributed by atoms with Crippen molar-refractivity contribution in [2.24, 2.45) is 0 Å². The molecule has 0 saturated heterocycles. The van der Waals surface area contributed by atoms with Crippen molar-refractivity contribution in [3.05, 3.63) is 48.6 Å². The number of hydrogen-bond donors (Lipinski definition) is 0. The van der Waals surface area contributed by atoms with Crippen LogP contribution in [0.5, 0.6) is 0 Å². The summed E-state index contributed by atoms with van der Waals surface area (Å²) in [6.07, 6.45) is 79.0. The predicted octanol–water partition coefficient (Wildman–Crippen LogP) is 22.2. The minimum absolute atomic E-state index is 0.0712. The topological polar surface area (TPSA) is 78.9 Å². The van der Waals surface area contributed by atoms with Crippen molar-refractivity contribution in [1.82, 2.24) is 0 Å². The smallest absolute Gasteiger partial charge is 0.306 e. The molecule has 0 heterocycles. The van der Waals surface area contributed by atoms with Crippen LogP contribution in [0.3, 0.4) is 0 Å². The molecule has 0 saturated carbocycles. The summed E-state index contributed by atoms with van der Waals surface area (Å²) in [5.41, 5.74) is 0. The van der Waals surface area contributed by atoms with Crippen LogP contribution in [0, 0.1) is 0 Å². The van der Waals surface area contributed by atoms with Gasteiger partial charge in [-0.05, 0) is 83.5 Å². The van der Waals surface area contributed by atoms with Gasteiger partial charge in [0.2, 0.25) is 0 Å². The van der Waals surface area contributed by atoms with Crippen LogP contribution in [0.15, 0.2) is 48.6 Å². The van der Waals surface area contributed by atoms with Gasteiger partial charge in [-0.1, -0.05) is 294 Å². The molecule has 6 heteroatoms. The van der Waals surface area contributed by atoms with Crippen molar-refractivity contribution in [2.75, 3.05) is 13.2 Å². The number of carbonyl (C=O) groups excluding carboxylic acids is 3. The van der Waals surface area contributed by atoms with Crippen molar-refractivity contribution < 1.29 is 28.6 Å². The first-order valence-corrected chi connectivity index (χ1v) is 32.6. The molecular formula is C68H124O6. The fourth-order valence-corrected chi connectivity index (χ4v) is 9.62. The molecule has 432 valence electrons. The van der Waals surface area contributed by atoms with Crippen LogP contribution in [0.2, 0.25) is 0 Å². The summed E-state index contributed by atoms with van der Waals surface area (Å²) < 4.78 is 16.8. The molecular weight excluding hydrogens is 913 g/mol. The number of hydrogen-bond acceptors (Lipinski definition) is 6. The van der Waals surface area contributed by atoms with Crippen LogP contribution >= 0.6 is 0 Å². The molecule has 1 unspecified atom stereocenters. The molecule has 0 spiro atoms. The molecule has 0 aromatic rings. The van der Waals surface area contributed by atoms with Gasteiger partial charge in [0.05, 0.1) is 0 Å². The predicted molar refractivity (Wildman–Crippen MR) is 321 cm³/mol. The molecule has 1 atom stereocenters. The van der Waals surface area contributed by atoms with Gasteiger partial charge >= 0.3 is 17.9 Å². The first-order valence-electron chi connectivity index (χ1n) is 32.6. The van der Waals surface area contributed by atoms with Crippen molar-refractivity contribution >= 4 is 17.9 Å². The summed E-state index contributed by atoms with van der Waals surface area (Å²) in [6.45, 7) is 6.58. The Bertz CT molecular complexity index is 1280. The Hall–Kier alpha value is -2.63. The zero-order valence-corrected chi connectivity index (χ0v) is 49.6. The molecule has 0 rings (SSSR count). The molecule has 0 aromatic carbocycles. The molecule has 0 radical (unpaired) electrons. The second-order valence-electron chi connectivity index (χ2n) is 22.0. The van der Waals surface area contributed by atoms with Gasteiger partial charge in [0, 0.05) is 19.3 Å². The maximum atomic E-state index is 12.8. The van der Waals surface area contributed by atoms with Gasteiger partial charge < -0.3 is 14.2 Å². The molecule has 74 heavy (non-hydrogen) atoms. The Labute approximate surface area is 460 Å². The lowest BCUT2D eigenvalue weighted by atomic mass is 10.0. The van der Waals surface area contributed by atoms with Crippen LogP contribution in [-0.4, -0.2) is 37.2 Å². The van der Waals surface area contributed by atoms with Crippen LogP contribution in [0.4, 0.5) is 0 Å². The molecule has 6 nitrogen and oxygen atoms in total. The zero-order valence-electron chi connectivity index (χ0n) is 49.6. The summed E-state index contributed by atoms with van der Waals surface area (Å²) in [5.74, 6) is -0.872. The normalized spacial score (nSPS) is 12.3. The number of ether oxygens (including phenoxy) is 3. The standard InChI is InChI=1S/C68H124O6/c1-4-7-10-13-15-17-19-21-23-25-27-28-29-30-31-32-33-34-35-36-37-38-39-40-41-43-44-46-48-50-52-55-58-61-67(70)73-64-65(63-72-66(69)60-57-54-12-9-6-3)74-68(71)62-59-56-53-51-49-47-45-42-26-24-22-20-18-16-14-11-8-5-2/h19,21,24-27,29-30,65H,4-18,20,22-23,28,31-64H2,1-3H3/b21-19-,26-24-,27-25-,30-29-. The molecule has 0 aromatic heterocycles. The van der Waals surface area contributed by atoms with E-state index in [1.54, 1.807) is 0 Å². The molecule has 0 N–H and O–H groups in total. The first-order chi connectivity index (χ1) is 36.5. The number of rotatable bonds is 60. The Kier molecular flexibility index (Phi) is 60.7. The zero-order chi connectivity index (χ0) is 53.6. The lowest BCUT2D eigenvalue weighted by molar-refractivity contribution is -0.167. The van der Waals surface area contributed by atoms with E-state index >= 15 is 0 Å². The van der Waals surface area contributed by atoms with Crippen molar-refractivity contribution in [2.45, 2.75) is 354 Å². The lowest BCUT2D eigenvalue weighted by Crippen LogP contribution is -2.30. The second-order valence-corrected chi connectivity index (χ2v) is 22.0. The van der Waals surface area contributed by atoms with Crippen LogP contribution in [0.1, 0.15) is 348 Å². The SMILES string of the molecule is CCCCCCC/C=C\C/C=C\C/C=C\CCCCCCCCCCCCCCCCCCCCC(=O)OCC(COC(=O)CCCCCCC)OC(=O)CCCCCCCCC/C=C\CCCCCCCCC. The summed E-state index contributed by atoms with van der Waals surface area (Å²) in [7, 11) is 0. The molecule has 0 amide bonds. The van der Waals surface area contributed by atoms with Crippen molar-refractivity contribution in [1.29, 1.82) is 0 Å². The minimum Gasteiger partial charge on any atom is -0.462 e. The Morgan fingerprint density at radius 1 is 0.270 bits per heavy atom. The van der Waals surface area contributed by atoms with E-state index in [1.807, 2.05) is 0 Å². The van der Waals surface area contributed by atoms with Gasteiger partial charge in [-0.2, -0.15) is 0 Å². The van der Waals surface area contributed by atoms with Gasteiger partial charge in [-0.15, -0.1) is 0 Å². The van der Waals surface area contributed by atoms with Crippen molar-refractivity contribution in [3.63, 3.8) is 0 Å². The van der Waals surface area contributed by atoms with E-state index in [0.717, 1.165) is 77.0 Å².